The first kappa shape index (κ1) is 15.9. The number of aryl methyl sites for hydroxylation is 2. The minimum Gasteiger partial charge on any atom is -0.392 e. The fraction of sp³-hybridized carbons (Fsp3) is 0.167. The predicted molar refractivity (Wildman–Crippen MR) is 94.7 cm³/mol. The van der Waals surface area contributed by atoms with E-state index in [-0.39, 0.29) is 6.61 Å². The number of nitrogens with one attached hydrogen (secondary N) is 2. The van der Waals surface area contributed by atoms with Crippen molar-refractivity contribution in [3.8, 4) is 0 Å². The van der Waals surface area contributed by atoms with Crippen molar-refractivity contribution in [1.29, 1.82) is 0 Å². The van der Waals surface area contributed by atoms with Gasteiger partial charge in [-0.25, -0.2) is 0 Å². The highest BCUT2D eigenvalue weighted by atomic mass is 16.3. The third kappa shape index (κ3) is 4.05. The minimum atomic E-state index is -0.00796. The van der Waals surface area contributed by atoms with Crippen molar-refractivity contribution in [2.45, 2.75) is 20.5 Å². The number of hydrogen-bond donors (Lipinski definition) is 3. The van der Waals surface area contributed by atoms with Crippen molar-refractivity contribution < 1.29 is 5.11 Å². The molecule has 0 saturated carbocycles. The molecule has 0 aliphatic rings. The Balaban J connectivity index is 1.81. The van der Waals surface area contributed by atoms with Gasteiger partial charge in [-0.05, 0) is 43.7 Å². The first-order chi connectivity index (χ1) is 11.6. The zero-order valence-electron chi connectivity index (χ0n) is 13.6. The molecular formula is C18H19N5O. The molecule has 1 aromatic heterocycles. The van der Waals surface area contributed by atoms with Gasteiger partial charge in [0.2, 0.25) is 11.9 Å². The van der Waals surface area contributed by atoms with Crippen LogP contribution in [0.15, 0.2) is 48.5 Å². The van der Waals surface area contributed by atoms with Crippen LogP contribution in [0.3, 0.4) is 0 Å². The number of aliphatic hydroxyl groups excluding tert-OH is 1. The molecule has 0 aliphatic heterocycles. The molecule has 3 rings (SSSR count). The lowest BCUT2D eigenvalue weighted by Gasteiger charge is -2.10. The summed E-state index contributed by atoms with van der Waals surface area (Å²) >= 11 is 0. The normalized spacial score (nSPS) is 10.5. The van der Waals surface area contributed by atoms with Gasteiger partial charge in [0.15, 0.2) is 0 Å². The van der Waals surface area contributed by atoms with Crippen LogP contribution >= 0.6 is 0 Å². The molecule has 6 nitrogen and oxygen atoms in total. The van der Waals surface area contributed by atoms with Crippen LogP contribution in [0.5, 0.6) is 0 Å². The van der Waals surface area contributed by atoms with Crippen LogP contribution in [0, 0.1) is 13.8 Å². The van der Waals surface area contributed by atoms with E-state index in [9.17, 15) is 5.11 Å². The van der Waals surface area contributed by atoms with Crippen LogP contribution in [0.1, 0.15) is 17.0 Å². The quantitative estimate of drug-likeness (QED) is 0.667. The van der Waals surface area contributed by atoms with Gasteiger partial charge >= 0.3 is 0 Å². The van der Waals surface area contributed by atoms with E-state index in [1.165, 1.54) is 5.56 Å². The first-order valence-electron chi connectivity index (χ1n) is 7.65. The lowest BCUT2D eigenvalue weighted by molar-refractivity contribution is 0.282. The molecule has 0 unspecified atom stereocenters. The van der Waals surface area contributed by atoms with E-state index in [1.54, 1.807) is 0 Å². The van der Waals surface area contributed by atoms with E-state index in [2.05, 4.69) is 25.6 Å². The fourth-order valence-electron chi connectivity index (χ4n) is 2.24. The first-order valence-corrected chi connectivity index (χ1v) is 7.65. The summed E-state index contributed by atoms with van der Waals surface area (Å²) in [6.07, 6.45) is 0. The van der Waals surface area contributed by atoms with Gasteiger partial charge in [0.05, 0.1) is 6.61 Å². The maximum atomic E-state index is 9.22. The van der Waals surface area contributed by atoms with Gasteiger partial charge in [-0.1, -0.05) is 29.8 Å². The maximum Gasteiger partial charge on any atom is 0.232 e. The molecule has 0 amide bonds. The van der Waals surface area contributed by atoms with Gasteiger partial charge in [0.1, 0.15) is 5.82 Å². The van der Waals surface area contributed by atoms with Crippen molar-refractivity contribution in [1.82, 2.24) is 15.0 Å². The van der Waals surface area contributed by atoms with Gasteiger partial charge in [-0.3, -0.25) is 0 Å². The average molecular weight is 321 g/mol. The molecule has 1 heterocycles. The van der Waals surface area contributed by atoms with Gasteiger partial charge in [-0.2, -0.15) is 15.0 Å². The molecule has 0 atom stereocenters. The van der Waals surface area contributed by atoms with Crippen LogP contribution in [0.4, 0.5) is 23.3 Å². The van der Waals surface area contributed by atoms with Gasteiger partial charge in [-0.15, -0.1) is 0 Å². The van der Waals surface area contributed by atoms with Crippen LogP contribution in [-0.2, 0) is 6.61 Å². The molecule has 3 aromatic rings. The predicted octanol–water partition coefficient (Wildman–Crippen LogP) is 3.47. The second-order valence-corrected chi connectivity index (χ2v) is 5.50. The summed E-state index contributed by atoms with van der Waals surface area (Å²) in [6.45, 7) is 3.85. The summed E-state index contributed by atoms with van der Waals surface area (Å²) in [5.74, 6) is 1.54. The fourth-order valence-corrected chi connectivity index (χ4v) is 2.24. The Kier molecular flexibility index (Phi) is 4.67. The maximum absolute atomic E-state index is 9.22. The Morgan fingerprint density at radius 2 is 1.50 bits per heavy atom. The molecule has 0 aliphatic carbocycles. The van der Waals surface area contributed by atoms with E-state index in [1.807, 2.05) is 62.4 Å². The monoisotopic (exact) mass is 321 g/mol. The van der Waals surface area contributed by atoms with Crippen molar-refractivity contribution in [3.05, 3.63) is 65.5 Å². The molecule has 6 heteroatoms. The molecule has 24 heavy (non-hydrogen) atoms. The Labute approximate surface area is 140 Å². The minimum absolute atomic E-state index is 0.00796. The summed E-state index contributed by atoms with van der Waals surface area (Å²) in [6, 6.07) is 15.5. The van der Waals surface area contributed by atoms with E-state index in [0.717, 1.165) is 16.9 Å². The second kappa shape index (κ2) is 7.06. The summed E-state index contributed by atoms with van der Waals surface area (Å²) < 4.78 is 0. The van der Waals surface area contributed by atoms with Gasteiger partial charge in [0.25, 0.3) is 0 Å². The number of benzene rings is 2. The standard InChI is InChI=1S/C18H19N5O/c1-12-6-8-15(9-7-12)21-17-19-13(2)20-18(23-17)22-16-5-3-4-14(10-16)11-24/h3-10,24H,11H2,1-2H3,(H2,19,20,21,22,23). The highest BCUT2D eigenvalue weighted by molar-refractivity contribution is 5.58. The topological polar surface area (TPSA) is 83.0 Å². The third-order valence-corrected chi connectivity index (χ3v) is 3.42. The largest absolute Gasteiger partial charge is 0.392 e. The van der Waals surface area contributed by atoms with Crippen LogP contribution in [0.25, 0.3) is 0 Å². The highest BCUT2D eigenvalue weighted by Crippen LogP contribution is 2.18. The summed E-state index contributed by atoms with van der Waals surface area (Å²) in [4.78, 5) is 13.0. The van der Waals surface area contributed by atoms with Crippen molar-refractivity contribution in [2.75, 3.05) is 10.6 Å². The van der Waals surface area contributed by atoms with E-state index < -0.39 is 0 Å². The molecule has 2 aromatic carbocycles. The molecule has 3 N–H and O–H groups in total. The average Bonchev–Trinajstić information content (AvgIpc) is 2.56. The number of nitrogens with zero attached hydrogens (tertiary/aromatic N) is 3. The Morgan fingerprint density at radius 3 is 2.17 bits per heavy atom. The van der Waals surface area contributed by atoms with E-state index >= 15 is 0 Å². The number of aromatic nitrogens is 3. The van der Waals surface area contributed by atoms with Crippen molar-refractivity contribution in [3.63, 3.8) is 0 Å². The molecule has 0 fully saturated rings. The lowest BCUT2D eigenvalue weighted by atomic mass is 10.2. The Morgan fingerprint density at radius 1 is 0.833 bits per heavy atom. The third-order valence-electron chi connectivity index (χ3n) is 3.42. The van der Waals surface area contributed by atoms with E-state index in [0.29, 0.717) is 17.7 Å². The SMILES string of the molecule is Cc1ccc(Nc2nc(C)nc(Nc3cccc(CO)c3)n2)cc1. The number of rotatable bonds is 5. The van der Waals surface area contributed by atoms with Gasteiger partial charge < -0.3 is 15.7 Å². The van der Waals surface area contributed by atoms with E-state index in [4.69, 9.17) is 0 Å². The zero-order chi connectivity index (χ0) is 16.9. The summed E-state index contributed by atoms with van der Waals surface area (Å²) in [5.41, 5.74) is 3.75. The summed E-state index contributed by atoms with van der Waals surface area (Å²) in [5, 5.41) is 15.5. The number of hydrogen-bond acceptors (Lipinski definition) is 6. The van der Waals surface area contributed by atoms with Crippen molar-refractivity contribution >= 4 is 23.3 Å². The molecular weight excluding hydrogens is 302 g/mol. The van der Waals surface area contributed by atoms with Gasteiger partial charge in [0, 0.05) is 11.4 Å². The lowest BCUT2D eigenvalue weighted by Crippen LogP contribution is -2.05. The molecule has 0 spiro atoms. The molecule has 0 bridgehead atoms. The smallest absolute Gasteiger partial charge is 0.232 e. The van der Waals surface area contributed by atoms with Crippen LogP contribution in [-0.4, -0.2) is 20.1 Å². The number of anilines is 4. The molecule has 0 radical (unpaired) electrons. The molecule has 122 valence electrons. The molecule has 0 saturated heterocycles. The van der Waals surface area contributed by atoms with Crippen LogP contribution < -0.4 is 10.6 Å². The summed E-state index contributed by atoms with van der Waals surface area (Å²) in [7, 11) is 0. The Hall–Kier alpha value is -2.99. The zero-order valence-corrected chi connectivity index (χ0v) is 13.6. The second-order valence-electron chi connectivity index (χ2n) is 5.50. The van der Waals surface area contributed by atoms with Crippen LogP contribution in [0.2, 0.25) is 0 Å². The Bertz CT molecular complexity index is 833. The highest BCUT2D eigenvalue weighted by Gasteiger charge is 2.05. The number of aliphatic hydroxyl groups is 1. The van der Waals surface area contributed by atoms with Crippen molar-refractivity contribution in [2.24, 2.45) is 0 Å².